The number of hydrogen-bond donors (Lipinski definition) is 0. The van der Waals surface area contributed by atoms with Gasteiger partial charge in [0.1, 0.15) is 6.54 Å². The summed E-state index contributed by atoms with van der Waals surface area (Å²) in [6, 6.07) is 7.74. The lowest BCUT2D eigenvalue weighted by molar-refractivity contribution is 0.364. The number of alkyl halides is 1. The Labute approximate surface area is 131 Å². The molecule has 0 fully saturated rings. The molecule has 8 heteroatoms. The van der Waals surface area contributed by atoms with Gasteiger partial charge in [-0.1, -0.05) is 54.4 Å². The third kappa shape index (κ3) is 2.96. The summed E-state index contributed by atoms with van der Waals surface area (Å²) >= 11 is 6.74. The first-order valence-electron chi connectivity index (χ1n) is 5.78. The third-order valence-corrected chi connectivity index (χ3v) is 3.64. The third-order valence-electron chi connectivity index (χ3n) is 2.57. The summed E-state index contributed by atoms with van der Waals surface area (Å²) in [5.41, 5.74) is 1.76. The van der Waals surface area contributed by atoms with Gasteiger partial charge in [0.25, 0.3) is 0 Å². The van der Waals surface area contributed by atoms with Crippen molar-refractivity contribution < 1.29 is 4.52 Å². The molecule has 0 unspecified atom stereocenters. The second kappa shape index (κ2) is 5.84. The van der Waals surface area contributed by atoms with Crippen molar-refractivity contribution in [3.05, 3.63) is 46.5 Å². The Hall–Kier alpha value is -1.54. The van der Waals surface area contributed by atoms with Gasteiger partial charge in [0, 0.05) is 21.6 Å². The van der Waals surface area contributed by atoms with Gasteiger partial charge in [-0.15, -0.1) is 5.10 Å². The number of benzene rings is 1. The predicted octanol–water partition coefficient (Wildman–Crippen LogP) is 3.03. The molecule has 0 aliphatic heterocycles. The van der Waals surface area contributed by atoms with Crippen LogP contribution in [-0.4, -0.2) is 25.1 Å². The van der Waals surface area contributed by atoms with Crippen molar-refractivity contribution in [2.45, 2.75) is 11.9 Å². The first kappa shape index (κ1) is 13.4. The van der Waals surface area contributed by atoms with Crippen molar-refractivity contribution in [3.63, 3.8) is 0 Å². The van der Waals surface area contributed by atoms with Gasteiger partial charge in [-0.3, -0.25) is 0 Å². The molecule has 1 aromatic carbocycles. The van der Waals surface area contributed by atoms with Crippen LogP contribution in [0.3, 0.4) is 0 Å². The van der Waals surface area contributed by atoms with Gasteiger partial charge in [0.15, 0.2) is 0 Å². The van der Waals surface area contributed by atoms with Crippen LogP contribution in [0.4, 0.5) is 0 Å². The van der Waals surface area contributed by atoms with Gasteiger partial charge in [-0.25, -0.2) is 4.68 Å². The molecule has 0 atom stereocenters. The van der Waals surface area contributed by atoms with E-state index in [-0.39, 0.29) is 0 Å². The van der Waals surface area contributed by atoms with E-state index < -0.39 is 0 Å². The van der Waals surface area contributed by atoms with Crippen LogP contribution in [-0.2, 0) is 11.9 Å². The Morgan fingerprint density at radius 2 is 2.20 bits per heavy atom. The molecule has 0 bridgehead atoms. The Morgan fingerprint density at radius 1 is 1.30 bits per heavy atom. The van der Waals surface area contributed by atoms with Gasteiger partial charge in [0.2, 0.25) is 11.7 Å². The average molecular weight is 399 g/mol. The normalized spacial score (nSPS) is 10.9. The van der Waals surface area contributed by atoms with Gasteiger partial charge in [0.05, 0.1) is 5.69 Å². The smallest absolute Gasteiger partial charge is 0.248 e. The van der Waals surface area contributed by atoms with Crippen molar-refractivity contribution in [1.82, 2.24) is 25.1 Å². The highest BCUT2D eigenvalue weighted by molar-refractivity contribution is 9.10. The van der Waals surface area contributed by atoms with Crippen molar-refractivity contribution >= 4 is 31.9 Å². The highest BCUT2D eigenvalue weighted by Gasteiger charge is 2.10. The maximum atomic E-state index is 5.23. The number of halogens is 2. The second-order valence-corrected chi connectivity index (χ2v) is 5.54. The summed E-state index contributed by atoms with van der Waals surface area (Å²) in [4.78, 5) is 4.35. The van der Waals surface area contributed by atoms with Gasteiger partial charge in [-0.05, 0) is 12.1 Å². The molecule has 0 aliphatic rings. The molecule has 3 aromatic rings. The summed E-state index contributed by atoms with van der Waals surface area (Å²) in [6.07, 6.45) is 1.83. The molecule has 0 aliphatic carbocycles. The molecule has 20 heavy (non-hydrogen) atoms. The molecular weight excluding hydrogens is 390 g/mol. The second-order valence-electron chi connectivity index (χ2n) is 4.06. The molecular formula is C12H9Br2N5O. The summed E-state index contributed by atoms with van der Waals surface area (Å²) in [5.74, 6) is 1.05. The van der Waals surface area contributed by atoms with E-state index in [0.29, 0.717) is 23.6 Å². The van der Waals surface area contributed by atoms with Crippen molar-refractivity contribution in [1.29, 1.82) is 0 Å². The van der Waals surface area contributed by atoms with E-state index in [9.17, 15) is 0 Å². The first-order chi connectivity index (χ1) is 9.74. The van der Waals surface area contributed by atoms with E-state index in [0.717, 1.165) is 15.7 Å². The zero-order valence-electron chi connectivity index (χ0n) is 10.2. The van der Waals surface area contributed by atoms with Crippen LogP contribution in [0.1, 0.15) is 11.6 Å². The summed E-state index contributed by atoms with van der Waals surface area (Å²) in [6.45, 7) is 0.404. The number of rotatable bonds is 4. The first-order valence-corrected chi connectivity index (χ1v) is 7.69. The maximum absolute atomic E-state index is 5.23. The SMILES string of the molecule is BrCc1cn(Cc2nc(-c3cccc(Br)c3)no2)nn1. The molecule has 0 amide bonds. The van der Waals surface area contributed by atoms with E-state index in [1.165, 1.54) is 0 Å². The van der Waals surface area contributed by atoms with Crippen LogP contribution in [0.25, 0.3) is 11.4 Å². The monoisotopic (exact) mass is 397 g/mol. The quantitative estimate of drug-likeness (QED) is 0.631. The lowest BCUT2D eigenvalue weighted by Gasteiger charge is -1.94. The van der Waals surface area contributed by atoms with E-state index >= 15 is 0 Å². The topological polar surface area (TPSA) is 69.6 Å². The Kier molecular flexibility index (Phi) is 3.93. The summed E-state index contributed by atoms with van der Waals surface area (Å²) in [5, 5.41) is 12.6. The lowest BCUT2D eigenvalue weighted by atomic mass is 10.2. The fourth-order valence-electron chi connectivity index (χ4n) is 1.68. The molecule has 2 aromatic heterocycles. The minimum atomic E-state index is 0.404. The number of hydrogen-bond acceptors (Lipinski definition) is 5. The van der Waals surface area contributed by atoms with Crippen LogP contribution >= 0.6 is 31.9 Å². The number of nitrogens with zero attached hydrogens (tertiary/aromatic N) is 5. The van der Waals surface area contributed by atoms with Crippen molar-refractivity contribution in [3.8, 4) is 11.4 Å². The predicted molar refractivity (Wildman–Crippen MR) is 79.2 cm³/mol. The molecule has 0 radical (unpaired) electrons. The van der Waals surface area contributed by atoms with E-state index in [4.69, 9.17) is 4.52 Å². The minimum absolute atomic E-state index is 0.404. The number of aromatic nitrogens is 5. The summed E-state index contributed by atoms with van der Waals surface area (Å²) < 4.78 is 7.86. The molecule has 0 N–H and O–H groups in total. The van der Waals surface area contributed by atoms with Crippen LogP contribution < -0.4 is 0 Å². The Balaban J connectivity index is 1.80. The van der Waals surface area contributed by atoms with Crippen molar-refractivity contribution in [2.75, 3.05) is 0 Å². The fraction of sp³-hybridized carbons (Fsp3) is 0.167. The molecule has 2 heterocycles. The molecule has 3 rings (SSSR count). The van der Waals surface area contributed by atoms with E-state index in [2.05, 4.69) is 52.3 Å². The zero-order valence-corrected chi connectivity index (χ0v) is 13.4. The molecule has 6 nitrogen and oxygen atoms in total. The molecule has 102 valence electrons. The standard InChI is InChI=1S/C12H9Br2N5O/c13-5-10-6-19(18-16-10)7-11-15-12(17-20-11)8-2-1-3-9(14)4-8/h1-4,6H,5,7H2. The van der Waals surface area contributed by atoms with E-state index in [1.807, 2.05) is 30.5 Å². The maximum Gasteiger partial charge on any atom is 0.248 e. The lowest BCUT2D eigenvalue weighted by Crippen LogP contribution is -2.00. The van der Waals surface area contributed by atoms with Crippen LogP contribution in [0.5, 0.6) is 0 Å². The molecule has 0 saturated heterocycles. The molecule has 0 spiro atoms. The highest BCUT2D eigenvalue weighted by Crippen LogP contribution is 2.20. The minimum Gasteiger partial charge on any atom is -0.337 e. The highest BCUT2D eigenvalue weighted by atomic mass is 79.9. The van der Waals surface area contributed by atoms with Crippen molar-refractivity contribution in [2.24, 2.45) is 0 Å². The van der Waals surface area contributed by atoms with Gasteiger partial charge < -0.3 is 4.52 Å². The van der Waals surface area contributed by atoms with E-state index in [1.54, 1.807) is 4.68 Å². The zero-order chi connectivity index (χ0) is 13.9. The Morgan fingerprint density at radius 3 is 2.95 bits per heavy atom. The largest absolute Gasteiger partial charge is 0.337 e. The Bertz CT molecular complexity index is 724. The fourth-order valence-corrected chi connectivity index (χ4v) is 2.34. The van der Waals surface area contributed by atoms with Gasteiger partial charge >= 0.3 is 0 Å². The molecule has 0 saturated carbocycles. The average Bonchev–Trinajstić information content (AvgIpc) is 3.08. The van der Waals surface area contributed by atoms with Crippen LogP contribution in [0.15, 0.2) is 39.5 Å². The van der Waals surface area contributed by atoms with Crippen LogP contribution in [0.2, 0.25) is 0 Å². The van der Waals surface area contributed by atoms with Gasteiger partial charge in [-0.2, -0.15) is 4.98 Å². The summed E-state index contributed by atoms with van der Waals surface area (Å²) in [7, 11) is 0. The van der Waals surface area contributed by atoms with Crippen LogP contribution in [0, 0.1) is 0 Å².